The molecule has 1 amide bonds. The van der Waals surface area contributed by atoms with Crippen LogP contribution in [0.3, 0.4) is 0 Å². The van der Waals surface area contributed by atoms with E-state index in [2.05, 4.69) is 15.0 Å². The summed E-state index contributed by atoms with van der Waals surface area (Å²) in [6.45, 7) is 1.67. The van der Waals surface area contributed by atoms with E-state index in [4.69, 9.17) is 9.72 Å². The summed E-state index contributed by atoms with van der Waals surface area (Å²) in [5.74, 6) is 0.570. The van der Waals surface area contributed by atoms with Crippen LogP contribution < -0.4 is 19.7 Å². The molecule has 0 atom stereocenters. The van der Waals surface area contributed by atoms with E-state index in [1.807, 2.05) is 24.3 Å². The topological polar surface area (TPSA) is 63.7 Å². The number of piperidine rings is 1. The van der Waals surface area contributed by atoms with Gasteiger partial charge in [0.15, 0.2) is 6.61 Å². The molecule has 4 rings (SSSR count). The third kappa shape index (κ3) is 5.60. The van der Waals surface area contributed by atoms with Gasteiger partial charge in [-0.3, -0.25) is 4.79 Å². The molecule has 2 heterocycles. The van der Waals surface area contributed by atoms with E-state index < -0.39 is 12.3 Å². The van der Waals surface area contributed by atoms with Crippen molar-refractivity contribution in [2.24, 2.45) is 0 Å². The van der Waals surface area contributed by atoms with Gasteiger partial charge in [-0.15, -0.1) is 13.2 Å². The van der Waals surface area contributed by atoms with E-state index in [9.17, 15) is 18.0 Å². The van der Waals surface area contributed by atoms with Crippen molar-refractivity contribution >= 4 is 28.3 Å². The number of rotatable bonds is 6. The SMILES string of the molecule is O=C(COc1cccc2ccc(N3CCCCC3)nc12)Nc1ccc(OC(F)(F)F)cc1. The van der Waals surface area contributed by atoms with Crippen molar-refractivity contribution in [3.05, 3.63) is 54.6 Å². The maximum absolute atomic E-state index is 12.3. The number of carbonyl (C=O) groups is 1. The summed E-state index contributed by atoms with van der Waals surface area (Å²) < 4.78 is 46.2. The Bertz CT molecular complexity index is 1080. The summed E-state index contributed by atoms with van der Waals surface area (Å²) in [6, 6.07) is 14.4. The zero-order chi connectivity index (χ0) is 22.6. The van der Waals surface area contributed by atoms with Crippen LogP contribution in [0, 0.1) is 0 Å². The Morgan fingerprint density at radius 2 is 1.75 bits per heavy atom. The molecule has 0 aliphatic carbocycles. The Morgan fingerprint density at radius 1 is 1.00 bits per heavy atom. The quantitative estimate of drug-likeness (QED) is 0.569. The lowest BCUT2D eigenvalue weighted by Gasteiger charge is -2.28. The summed E-state index contributed by atoms with van der Waals surface area (Å²) in [4.78, 5) is 19.3. The second-order valence-corrected chi connectivity index (χ2v) is 7.45. The van der Waals surface area contributed by atoms with Crippen molar-refractivity contribution in [1.82, 2.24) is 4.98 Å². The lowest BCUT2D eigenvalue weighted by atomic mass is 10.1. The number of para-hydroxylation sites is 1. The molecule has 1 N–H and O–H groups in total. The smallest absolute Gasteiger partial charge is 0.481 e. The minimum Gasteiger partial charge on any atom is -0.481 e. The molecular formula is C23H22F3N3O3. The van der Waals surface area contributed by atoms with Gasteiger partial charge < -0.3 is 19.7 Å². The third-order valence-corrected chi connectivity index (χ3v) is 5.08. The van der Waals surface area contributed by atoms with E-state index >= 15 is 0 Å². The van der Waals surface area contributed by atoms with E-state index in [0.29, 0.717) is 17.0 Å². The number of halogens is 3. The van der Waals surface area contributed by atoms with E-state index in [1.165, 1.54) is 18.6 Å². The molecular weight excluding hydrogens is 423 g/mol. The number of amides is 1. The number of pyridine rings is 1. The fourth-order valence-corrected chi connectivity index (χ4v) is 3.61. The number of aromatic nitrogens is 1. The Morgan fingerprint density at radius 3 is 2.47 bits per heavy atom. The molecule has 1 aliphatic rings. The molecule has 1 fully saturated rings. The molecule has 0 unspecified atom stereocenters. The van der Waals surface area contributed by atoms with Crippen LogP contribution in [0.25, 0.3) is 10.9 Å². The zero-order valence-electron chi connectivity index (χ0n) is 17.2. The maximum Gasteiger partial charge on any atom is 0.573 e. The van der Waals surface area contributed by atoms with Gasteiger partial charge in [-0.25, -0.2) is 4.98 Å². The third-order valence-electron chi connectivity index (χ3n) is 5.08. The van der Waals surface area contributed by atoms with Gasteiger partial charge in [-0.2, -0.15) is 0 Å². The second kappa shape index (κ2) is 9.33. The van der Waals surface area contributed by atoms with E-state index in [1.54, 1.807) is 6.07 Å². The van der Waals surface area contributed by atoms with Crippen LogP contribution >= 0.6 is 0 Å². The largest absolute Gasteiger partial charge is 0.573 e. The molecule has 0 radical (unpaired) electrons. The molecule has 32 heavy (non-hydrogen) atoms. The van der Waals surface area contributed by atoms with Gasteiger partial charge in [0.2, 0.25) is 0 Å². The van der Waals surface area contributed by atoms with Crippen LogP contribution in [-0.2, 0) is 4.79 Å². The summed E-state index contributed by atoms with van der Waals surface area (Å²) in [6.07, 6.45) is -1.26. The first-order valence-electron chi connectivity index (χ1n) is 10.3. The van der Waals surface area contributed by atoms with Gasteiger partial charge in [0.1, 0.15) is 22.8 Å². The molecule has 0 spiro atoms. The average molecular weight is 445 g/mol. The highest BCUT2D eigenvalue weighted by molar-refractivity contribution is 5.92. The highest BCUT2D eigenvalue weighted by Crippen LogP contribution is 2.28. The number of fused-ring (bicyclic) bond motifs is 1. The molecule has 1 saturated heterocycles. The number of nitrogens with one attached hydrogen (secondary N) is 1. The van der Waals surface area contributed by atoms with Gasteiger partial charge in [0.25, 0.3) is 5.91 Å². The van der Waals surface area contributed by atoms with Gasteiger partial charge in [0.05, 0.1) is 0 Å². The number of anilines is 2. The first-order chi connectivity index (χ1) is 15.4. The summed E-state index contributed by atoms with van der Waals surface area (Å²) in [7, 11) is 0. The normalized spacial score (nSPS) is 14.3. The van der Waals surface area contributed by atoms with Crippen molar-refractivity contribution in [2.45, 2.75) is 25.6 Å². The number of carbonyl (C=O) groups excluding carboxylic acids is 1. The molecule has 0 saturated carbocycles. The number of hydrogen-bond acceptors (Lipinski definition) is 5. The Hall–Kier alpha value is -3.49. The Labute approximate surface area is 182 Å². The van der Waals surface area contributed by atoms with E-state index in [0.717, 1.165) is 49.3 Å². The number of nitrogens with zero attached hydrogens (tertiary/aromatic N) is 2. The molecule has 1 aromatic heterocycles. The molecule has 0 bridgehead atoms. The first kappa shape index (κ1) is 21.7. The fraction of sp³-hybridized carbons (Fsp3) is 0.304. The number of alkyl halides is 3. The maximum atomic E-state index is 12.3. The highest BCUT2D eigenvalue weighted by atomic mass is 19.4. The number of benzene rings is 2. The van der Waals surface area contributed by atoms with Crippen LogP contribution in [0.5, 0.6) is 11.5 Å². The minimum atomic E-state index is -4.76. The van der Waals surface area contributed by atoms with Crippen LogP contribution in [0.4, 0.5) is 24.7 Å². The summed E-state index contributed by atoms with van der Waals surface area (Å²) in [5, 5.41) is 3.49. The molecule has 2 aromatic carbocycles. The lowest BCUT2D eigenvalue weighted by molar-refractivity contribution is -0.274. The Balaban J connectivity index is 1.40. The van der Waals surface area contributed by atoms with Crippen molar-refractivity contribution in [3.8, 4) is 11.5 Å². The van der Waals surface area contributed by atoms with E-state index in [-0.39, 0.29) is 12.4 Å². The zero-order valence-corrected chi connectivity index (χ0v) is 17.2. The fourth-order valence-electron chi connectivity index (χ4n) is 3.61. The predicted molar refractivity (Wildman–Crippen MR) is 115 cm³/mol. The van der Waals surface area contributed by atoms with Gasteiger partial charge in [-0.1, -0.05) is 12.1 Å². The molecule has 168 valence electrons. The van der Waals surface area contributed by atoms with Crippen molar-refractivity contribution in [1.29, 1.82) is 0 Å². The first-order valence-corrected chi connectivity index (χ1v) is 10.3. The van der Waals surface area contributed by atoms with Crippen LogP contribution in [0.1, 0.15) is 19.3 Å². The van der Waals surface area contributed by atoms with Crippen LogP contribution in [0.15, 0.2) is 54.6 Å². The average Bonchev–Trinajstić information content (AvgIpc) is 2.78. The van der Waals surface area contributed by atoms with Gasteiger partial charge in [-0.05, 0) is 61.7 Å². The second-order valence-electron chi connectivity index (χ2n) is 7.45. The standard InChI is InChI=1S/C23H22F3N3O3/c24-23(25,26)32-18-10-8-17(9-11-18)27-21(30)15-31-19-6-4-5-16-7-12-20(28-22(16)19)29-13-2-1-3-14-29/h4-12H,1-3,13-15H2,(H,27,30). The summed E-state index contributed by atoms with van der Waals surface area (Å²) >= 11 is 0. The predicted octanol–water partition coefficient (Wildman–Crippen LogP) is 5.14. The molecule has 6 nitrogen and oxygen atoms in total. The Kier molecular flexibility index (Phi) is 6.34. The lowest BCUT2D eigenvalue weighted by Crippen LogP contribution is -2.30. The van der Waals surface area contributed by atoms with Crippen LogP contribution in [-0.4, -0.2) is 36.9 Å². The van der Waals surface area contributed by atoms with Gasteiger partial charge >= 0.3 is 6.36 Å². The van der Waals surface area contributed by atoms with Gasteiger partial charge in [0, 0.05) is 24.2 Å². The van der Waals surface area contributed by atoms with Crippen molar-refractivity contribution in [3.63, 3.8) is 0 Å². The minimum absolute atomic E-state index is 0.268. The number of ether oxygens (including phenoxy) is 2. The van der Waals surface area contributed by atoms with Crippen molar-refractivity contribution in [2.75, 3.05) is 29.9 Å². The number of hydrogen-bond donors (Lipinski definition) is 1. The molecule has 3 aromatic rings. The van der Waals surface area contributed by atoms with Crippen LogP contribution in [0.2, 0.25) is 0 Å². The molecule has 1 aliphatic heterocycles. The molecule has 9 heteroatoms. The highest BCUT2D eigenvalue weighted by Gasteiger charge is 2.31. The summed E-state index contributed by atoms with van der Waals surface area (Å²) in [5.41, 5.74) is 1.01. The van der Waals surface area contributed by atoms with Crippen molar-refractivity contribution < 1.29 is 27.4 Å². The monoisotopic (exact) mass is 445 g/mol.